The van der Waals surface area contributed by atoms with Crippen LogP contribution < -0.4 is 15.4 Å². The molecule has 1 aromatic heterocycles. The molecule has 6 nitrogen and oxygen atoms in total. The summed E-state index contributed by atoms with van der Waals surface area (Å²) in [7, 11) is 1.67. The van der Waals surface area contributed by atoms with Gasteiger partial charge in [0, 0.05) is 13.2 Å². The normalized spacial score (nSPS) is 16.4. The van der Waals surface area contributed by atoms with Crippen LogP contribution in [-0.2, 0) is 16.0 Å². The number of benzene rings is 1. The molecule has 1 aliphatic heterocycles. The number of hydrogen-bond donors (Lipinski definition) is 2. The Balaban J connectivity index is 1.46. The number of rotatable bonds is 7. The van der Waals surface area contributed by atoms with E-state index in [4.69, 9.17) is 9.47 Å². The Labute approximate surface area is 147 Å². The molecule has 2 N–H and O–H groups in total. The molecule has 1 saturated heterocycles. The number of anilines is 2. The number of pyridine rings is 1. The Hall–Kier alpha value is -2.60. The van der Waals surface area contributed by atoms with Crippen LogP contribution in [0, 0.1) is 0 Å². The molecule has 0 saturated carbocycles. The van der Waals surface area contributed by atoms with Gasteiger partial charge in [-0.2, -0.15) is 0 Å². The maximum absolute atomic E-state index is 12.0. The number of hydrogen-bond acceptors (Lipinski definition) is 5. The zero-order valence-corrected chi connectivity index (χ0v) is 14.3. The predicted octanol–water partition coefficient (Wildman–Crippen LogP) is 2.86. The van der Waals surface area contributed by atoms with Gasteiger partial charge in [-0.1, -0.05) is 12.1 Å². The highest BCUT2D eigenvalue weighted by molar-refractivity contribution is 5.93. The molecule has 0 aliphatic carbocycles. The highest BCUT2D eigenvalue weighted by Gasteiger charge is 2.23. The molecule has 132 valence electrons. The van der Waals surface area contributed by atoms with Crippen molar-refractivity contribution in [1.29, 1.82) is 0 Å². The molecule has 0 bridgehead atoms. The van der Waals surface area contributed by atoms with E-state index in [1.807, 2.05) is 24.3 Å². The Morgan fingerprint density at radius 1 is 1.36 bits per heavy atom. The zero-order chi connectivity index (χ0) is 17.5. The van der Waals surface area contributed by atoms with Crippen LogP contribution in [0.15, 0.2) is 42.6 Å². The van der Waals surface area contributed by atoms with E-state index in [-0.39, 0.29) is 12.0 Å². The van der Waals surface area contributed by atoms with Crippen LogP contribution in [0.25, 0.3) is 0 Å². The van der Waals surface area contributed by atoms with E-state index in [0.717, 1.165) is 37.2 Å². The topological polar surface area (TPSA) is 72.5 Å². The minimum absolute atomic E-state index is 0.122. The number of carbonyl (C=O) groups is 1. The fourth-order valence-corrected chi connectivity index (χ4v) is 2.74. The van der Waals surface area contributed by atoms with E-state index in [0.29, 0.717) is 12.4 Å². The summed E-state index contributed by atoms with van der Waals surface area (Å²) in [5.41, 5.74) is 2.12. The Morgan fingerprint density at radius 3 is 3.00 bits per heavy atom. The summed E-state index contributed by atoms with van der Waals surface area (Å²) in [5.74, 6) is 1.29. The summed E-state index contributed by atoms with van der Waals surface area (Å²) in [5, 5.41) is 6.11. The SMILES string of the molecule is COc1cccc(CCNc2ccc(NC(=O)C3CCCO3)nc2)c1. The molecule has 2 heterocycles. The Bertz CT molecular complexity index is 697. The smallest absolute Gasteiger partial charge is 0.254 e. The van der Waals surface area contributed by atoms with E-state index in [1.54, 1.807) is 19.4 Å². The maximum atomic E-state index is 12.0. The van der Waals surface area contributed by atoms with E-state index in [1.165, 1.54) is 5.56 Å². The van der Waals surface area contributed by atoms with Gasteiger partial charge in [0.2, 0.25) is 0 Å². The van der Waals surface area contributed by atoms with Gasteiger partial charge in [0.25, 0.3) is 5.91 Å². The first-order chi connectivity index (χ1) is 12.2. The number of methoxy groups -OCH3 is 1. The van der Waals surface area contributed by atoms with Gasteiger partial charge in [-0.25, -0.2) is 4.98 Å². The van der Waals surface area contributed by atoms with Crippen molar-refractivity contribution in [3.63, 3.8) is 0 Å². The third-order valence-corrected chi connectivity index (χ3v) is 4.11. The molecule has 1 fully saturated rings. The van der Waals surface area contributed by atoms with Gasteiger partial charge in [-0.05, 0) is 49.1 Å². The van der Waals surface area contributed by atoms with Gasteiger partial charge >= 0.3 is 0 Å². The largest absolute Gasteiger partial charge is 0.497 e. The lowest BCUT2D eigenvalue weighted by Gasteiger charge is -2.11. The number of aromatic nitrogens is 1. The van der Waals surface area contributed by atoms with E-state index < -0.39 is 0 Å². The quantitative estimate of drug-likeness (QED) is 0.810. The average Bonchev–Trinajstić information content (AvgIpc) is 3.18. The molecule has 2 aromatic rings. The highest BCUT2D eigenvalue weighted by atomic mass is 16.5. The molecule has 0 spiro atoms. The second-order valence-corrected chi connectivity index (χ2v) is 5.95. The summed E-state index contributed by atoms with van der Waals surface area (Å²) in [6.45, 7) is 1.44. The second kappa shape index (κ2) is 8.48. The van der Waals surface area contributed by atoms with Crippen molar-refractivity contribution in [1.82, 2.24) is 4.98 Å². The standard InChI is InChI=1S/C19H23N3O3/c1-24-16-5-2-4-14(12-16)9-10-20-15-7-8-18(21-13-15)22-19(23)17-6-3-11-25-17/h2,4-5,7-8,12-13,17,20H,3,6,9-11H2,1H3,(H,21,22,23). The highest BCUT2D eigenvalue weighted by Crippen LogP contribution is 2.16. The fourth-order valence-electron chi connectivity index (χ4n) is 2.74. The van der Waals surface area contributed by atoms with Crippen molar-refractivity contribution in [3.8, 4) is 5.75 Å². The molecule has 1 atom stereocenters. The van der Waals surface area contributed by atoms with Crippen LogP contribution in [0.4, 0.5) is 11.5 Å². The van der Waals surface area contributed by atoms with Crippen molar-refractivity contribution in [2.75, 3.05) is 30.9 Å². The van der Waals surface area contributed by atoms with E-state index in [9.17, 15) is 4.79 Å². The molecule has 25 heavy (non-hydrogen) atoms. The molecule has 3 rings (SSSR count). The number of ether oxygens (including phenoxy) is 2. The average molecular weight is 341 g/mol. The fraction of sp³-hybridized carbons (Fsp3) is 0.368. The Kier molecular flexibility index (Phi) is 5.85. The lowest BCUT2D eigenvalue weighted by atomic mass is 10.1. The van der Waals surface area contributed by atoms with Crippen molar-refractivity contribution in [3.05, 3.63) is 48.2 Å². The molecule has 1 aliphatic rings. The second-order valence-electron chi connectivity index (χ2n) is 5.95. The summed E-state index contributed by atoms with van der Waals surface area (Å²) < 4.78 is 10.6. The monoisotopic (exact) mass is 341 g/mol. The number of amides is 1. The summed E-state index contributed by atoms with van der Waals surface area (Å²) in [6, 6.07) is 11.7. The maximum Gasteiger partial charge on any atom is 0.254 e. The van der Waals surface area contributed by atoms with Gasteiger partial charge in [0.15, 0.2) is 0 Å². The third-order valence-electron chi connectivity index (χ3n) is 4.11. The minimum atomic E-state index is -0.345. The van der Waals surface area contributed by atoms with Gasteiger partial charge in [-0.3, -0.25) is 4.79 Å². The zero-order valence-electron chi connectivity index (χ0n) is 14.3. The van der Waals surface area contributed by atoms with Crippen molar-refractivity contribution in [2.45, 2.75) is 25.4 Å². The predicted molar refractivity (Wildman–Crippen MR) is 97.0 cm³/mol. The van der Waals surface area contributed by atoms with Gasteiger partial charge in [-0.15, -0.1) is 0 Å². The molecule has 1 amide bonds. The minimum Gasteiger partial charge on any atom is -0.497 e. The summed E-state index contributed by atoms with van der Waals surface area (Å²) in [4.78, 5) is 16.3. The number of carbonyl (C=O) groups excluding carboxylic acids is 1. The molecule has 0 radical (unpaired) electrons. The number of nitrogens with one attached hydrogen (secondary N) is 2. The van der Waals surface area contributed by atoms with Gasteiger partial charge in [0.05, 0.1) is 19.0 Å². The molecule has 1 unspecified atom stereocenters. The van der Waals surface area contributed by atoms with Crippen LogP contribution in [-0.4, -0.2) is 37.3 Å². The van der Waals surface area contributed by atoms with E-state index >= 15 is 0 Å². The first kappa shape index (κ1) is 17.2. The van der Waals surface area contributed by atoms with Crippen LogP contribution in [0.1, 0.15) is 18.4 Å². The Morgan fingerprint density at radius 2 is 2.28 bits per heavy atom. The lowest BCUT2D eigenvalue weighted by molar-refractivity contribution is -0.124. The molecular formula is C19H23N3O3. The molecular weight excluding hydrogens is 318 g/mol. The third kappa shape index (κ3) is 4.93. The summed E-state index contributed by atoms with van der Waals surface area (Å²) >= 11 is 0. The van der Waals surface area contributed by atoms with Gasteiger partial charge in [0.1, 0.15) is 17.7 Å². The van der Waals surface area contributed by atoms with Crippen LogP contribution in [0.5, 0.6) is 5.75 Å². The summed E-state index contributed by atoms with van der Waals surface area (Å²) in [6.07, 6.45) is 3.96. The van der Waals surface area contributed by atoms with Crippen molar-refractivity contribution in [2.24, 2.45) is 0 Å². The van der Waals surface area contributed by atoms with Crippen molar-refractivity contribution < 1.29 is 14.3 Å². The lowest BCUT2D eigenvalue weighted by Crippen LogP contribution is -2.27. The van der Waals surface area contributed by atoms with Crippen LogP contribution >= 0.6 is 0 Å². The molecule has 1 aromatic carbocycles. The first-order valence-electron chi connectivity index (χ1n) is 8.50. The van der Waals surface area contributed by atoms with Crippen molar-refractivity contribution >= 4 is 17.4 Å². The first-order valence-corrected chi connectivity index (χ1v) is 8.50. The molecule has 6 heteroatoms. The van der Waals surface area contributed by atoms with Crippen LogP contribution in [0.2, 0.25) is 0 Å². The van der Waals surface area contributed by atoms with Gasteiger partial charge < -0.3 is 20.1 Å². The van der Waals surface area contributed by atoms with Crippen LogP contribution in [0.3, 0.4) is 0 Å². The number of nitrogens with zero attached hydrogens (tertiary/aromatic N) is 1. The van der Waals surface area contributed by atoms with E-state index in [2.05, 4.69) is 21.7 Å².